The van der Waals surface area contributed by atoms with E-state index in [4.69, 9.17) is 38.4 Å². The fraction of sp³-hybridized carbons (Fsp3) is 0.324. The van der Waals surface area contributed by atoms with Crippen molar-refractivity contribution >= 4 is 88.0 Å². The van der Waals surface area contributed by atoms with Gasteiger partial charge in [-0.3, -0.25) is 14.4 Å². The van der Waals surface area contributed by atoms with Gasteiger partial charge in [0.25, 0.3) is 17.7 Å². The molecule has 4 N–H and O–H groups in total. The van der Waals surface area contributed by atoms with E-state index in [1.807, 2.05) is 59.7 Å². The van der Waals surface area contributed by atoms with Crippen LogP contribution in [0.4, 0.5) is 51.1 Å². The number of ether oxygens (including phenoxy) is 9. The number of benzene rings is 5. The van der Waals surface area contributed by atoms with E-state index in [1.165, 1.54) is 21.3 Å². The van der Waals surface area contributed by atoms with E-state index < -0.39 is 11.6 Å². The van der Waals surface area contributed by atoms with Gasteiger partial charge in [0.15, 0.2) is 12.8 Å². The van der Waals surface area contributed by atoms with Gasteiger partial charge in [0.1, 0.15) is 60.8 Å². The van der Waals surface area contributed by atoms with Crippen LogP contribution in [-0.2, 0) is 23.7 Å². The number of rotatable bonds is 10. The molecule has 15 rings (SSSR count). The van der Waals surface area contributed by atoms with E-state index in [-0.39, 0.29) is 54.4 Å². The first kappa shape index (κ1) is 74.1. The van der Waals surface area contributed by atoms with Crippen molar-refractivity contribution in [1.82, 2.24) is 50.3 Å². The largest absolute Gasteiger partial charge is 0.490 e. The summed E-state index contributed by atoms with van der Waals surface area (Å²) in [4.78, 5) is 117. The van der Waals surface area contributed by atoms with Gasteiger partial charge in [-0.15, -0.1) is 0 Å². The number of hydrogen-bond acceptors (Lipinski definition) is 28. The molecule has 0 unspecified atom stereocenters. The predicted octanol–water partition coefficient (Wildman–Crippen LogP) is 7.91. The maximum absolute atomic E-state index is 12.8. The number of hydrogen-bond donors (Lipinski definition) is 4. The van der Waals surface area contributed by atoms with Crippen molar-refractivity contribution in [3.05, 3.63) is 174 Å². The Labute approximate surface area is 609 Å². The van der Waals surface area contributed by atoms with Crippen molar-refractivity contribution in [3.8, 4) is 34.9 Å². The highest BCUT2D eigenvalue weighted by Crippen LogP contribution is 2.39. The molecule has 4 amide bonds. The van der Waals surface area contributed by atoms with Crippen LogP contribution in [-0.4, -0.2) is 206 Å². The number of anilines is 8. The van der Waals surface area contributed by atoms with Crippen molar-refractivity contribution < 1.29 is 76.2 Å². The minimum atomic E-state index is -0.541. The molecule has 10 heterocycles. The van der Waals surface area contributed by atoms with Gasteiger partial charge in [-0.1, -0.05) is 0 Å². The molecule has 2 fully saturated rings. The first-order chi connectivity index (χ1) is 51.3. The zero-order valence-corrected chi connectivity index (χ0v) is 59.0. The van der Waals surface area contributed by atoms with Gasteiger partial charge in [0.2, 0.25) is 17.8 Å². The number of nitrogens with zero attached hydrogens (tertiary/aromatic N) is 12. The number of likely N-dealkylation sites (tertiary alicyclic amines) is 2. The fourth-order valence-corrected chi connectivity index (χ4v) is 11.7. The smallest absolute Gasteiger partial charge is 0.410 e. The molecule has 8 aromatic rings. The zero-order chi connectivity index (χ0) is 74.7. The molecular formula is C74H78N16O16. The number of carbonyl (C=O) groups is 7. The molecule has 0 spiro atoms. The molecule has 7 aliphatic rings. The number of carbonyl (C=O) groups excluding carboxylic acids is 7. The summed E-state index contributed by atoms with van der Waals surface area (Å²) >= 11 is 0. The summed E-state index contributed by atoms with van der Waals surface area (Å²) < 4.78 is 47.0. The van der Waals surface area contributed by atoms with Crippen LogP contribution >= 0.6 is 0 Å². The maximum Gasteiger partial charge on any atom is 0.410 e. The van der Waals surface area contributed by atoms with E-state index in [0.29, 0.717) is 159 Å². The lowest BCUT2D eigenvalue weighted by atomic mass is 10.1. The third-order valence-electron chi connectivity index (χ3n) is 16.7. The van der Waals surface area contributed by atoms with Crippen molar-refractivity contribution in [2.24, 2.45) is 0 Å². The molecule has 3 aromatic heterocycles. The van der Waals surface area contributed by atoms with Gasteiger partial charge < -0.3 is 88.4 Å². The topological polar surface area (TPSA) is 368 Å². The average Bonchev–Trinajstić information content (AvgIpc) is 0.877. The van der Waals surface area contributed by atoms with Crippen molar-refractivity contribution in [1.29, 1.82) is 5.26 Å². The average molecular weight is 1450 g/mol. The number of aromatic nitrogens is 6. The summed E-state index contributed by atoms with van der Waals surface area (Å²) in [5.74, 6) is 3.18. The van der Waals surface area contributed by atoms with Crippen molar-refractivity contribution in [3.63, 3.8) is 0 Å². The highest BCUT2D eigenvalue weighted by atomic mass is 16.6. The molecule has 2 saturated heterocycles. The molecule has 0 bridgehead atoms. The summed E-state index contributed by atoms with van der Waals surface area (Å²) in [7, 11) is 4.03. The molecule has 32 heteroatoms. The van der Waals surface area contributed by atoms with Crippen LogP contribution in [0, 0.1) is 11.5 Å². The summed E-state index contributed by atoms with van der Waals surface area (Å²) in [5.41, 5.74) is 5.87. The van der Waals surface area contributed by atoms with Crippen LogP contribution in [0.15, 0.2) is 146 Å². The third-order valence-corrected chi connectivity index (χ3v) is 16.7. The van der Waals surface area contributed by atoms with Crippen molar-refractivity contribution in [2.45, 2.75) is 51.3 Å². The number of fused-ring (bicyclic) bond motifs is 5. The minimum absolute atomic E-state index is 0.00619. The van der Waals surface area contributed by atoms with Gasteiger partial charge >= 0.3 is 24.0 Å². The Morgan fingerprint density at radius 2 is 0.896 bits per heavy atom. The molecule has 550 valence electrons. The van der Waals surface area contributed by atoms with Gasteiger partial charge in [0, 0.05) is 93.1 Å². The predicted molar refractivity (Wildman–Crippen MR) is 385 cm³/mol. The van der Waals surface area contributed by atoms with E-state index >= 15 is 0 Å². The Bertz CT molecular complexity index is 4510. The van der Waals surface area contributed by atoms with Crippen LogP contribution in [0.3, 0.4) is 0 Å². The molecule has 0 saturated carbocycles. The quantitative estimate of drug-likeness (QED) is 0.0573. The first-order valence-corrected chi connectivity index (χ1v) is 33.9. The number of amides is 4. The lowest BCUT2D eigenvalue weighted by Gasteiger charge is -2.29. The Kier molecular flexibility index (Phi) is 24.3. The van der Waals surface area contributed by atoms with Crippen LogP contribution in [0.5, 0.6) is 28.7 Å². The van der Waals surface area contributed by atoms with Crippen molar-refractivity contribution in [2.75, 3.05) is 132 Å². The van der Waals surface area contributed by atoms with E-state index in [9.17, 15) is 33.6 Å². The number of esters is 3. The Morgan fingerprint density at radius 1 is 0.500 bits per heavy atom. The SMILES string of the molecule is CC(C)(C)OC(=O)N1CC[C@@H](NC(=O)c2ccc3c(c2)OCCN3c2ncccn2)C1.COC(=O)c1ccc2c(c1)OCC(=O)N2.COC(=O)c1ccc2c(c1)OCCN2.COC(=O)c1ccc2c(c1)OCCN2c1ncccn1.N#CN1CC[C@@H](NC(=O)c2ccc3c(c2)OCCN3c2ncccn2)C1. The molecule has 0 aliphatic carbocycles. The Morgan fingerprint density at radius 3 is 1.34 bits per heavy atom. The lowest BCUT2D eigenvalue weighted by Crippen LogP contribution is -2.40. The van der Waals surface area contributed by atoms with Gasteiger partial charge in [-0.05, 0) is 143 Å². The second-order valence-electron chi connectivity index (χ2n) is 25.1. The highest BCUT2D eigenvalue weighted by molar-refractivity contribution is 5.99. The molecule has 5 aromatic carbocycles. The molecular weight excluding hydrogens is 1370 g/mol. The summed E-state index contributed by atoms with van der Waals surface area (Å²) in [6.45, 7) is 12.5. The fourth-order valence-electron chi connectivity index (χ4n) is 11.7. The molecule has 32 nitrogen and oxygen atoms in total. The van der Waals surface area contributed by atoms with Gasteiger partial charge in [-0.25, -0.2) is 49.1 Å². The molecule has 2 atom stereocenters. The standard InChI is InChI=1S/C22H27N5O4.C18H18N6O2.C14H13N3O3.C10H9NO4.C10H11NO3/c1-22(2,3)31-21(29)26-10-7-16(14-26)25-19(28)15-5-6-17-18(13-15)30-12-11-27(17)20-23-8-4-9-24-20;19-12-23-7-4-14(11-23)22-17(25)13-2-3-15-16(10-13)26-9-8-24(15)18-20-5-1-6-21-18;1-19-13(18)10-3-4-11-12(9-10)20-8-7-17(11)14-15-5-2-6-16-14;1-14-10(13)6-2-3-7-8(4-6)15-5-9(12)11-7;1-13-10(12)7-2-3-8-9(6-7)14-5-4-11-8/h4-6,8-9,13,16H,7,10-12,14H2,1-3H3,(H,25,28);1-3,5-6,10,14H,4,7-9,11H2,(H,22,25);2-6,9H,7-8H2,1H3;2-4H,5H2,1H3,(H,11,12);2-3,6,11H,4-5H2,1H3/t16-;14-;;;/m11.../s1. The second kappa shape index (κ2) is 34.7. The second-order valence-corrected chi connectivity index (χ2v) is 25.1. The number of methoxy groups -OCH3 is 3. The highest BCUT2D eigenvalue weighted by Gasteiger charge is 2.33. The van der Waals surface area contributed by atoms with Crippen LogP contribution in [0.2, 0.25) is 0 Å². The number of nitriles is 1. The molecule has 106 heavy (non-hydrogen) atoms. The van der Waals surface area contributed by atoms with Crippen LogP contribution < -0.4 is 59.7 Å². The first-order valence-electron chi connectivity index (χ1n) is 33.9. The van der Waals surface area contributed by atoms with E-state index in [1.54, 1.807) is 132 Å². The normalized spacial score (nSPS) is 16.1. The van der Waals surface area contributed by atoms with Gasteiger partial charge in [-0.2, -0.15) is 5.26 Å². The third kappa shape index (κ3) is 19.0. The van der Waals surface area contributed by atoms with Gasteiger partial charge in [0.05, 0.1) is 86.1 Å². The van der Waals surface area contributed by atoms with Crippen LogP contribution in [0.1, 0.15) is 85.4 Å². The van der Waals surface area contributed by atoms with Crippen LogP contribution in [0.25, 0.3) is 0 Å². The summed E-state index contributed by atoms with van der Waals surface area (Å²) in [6, 6.07) is 31.1. The molecule has 0 radical (unpaired) electrons. The van der Waals surface area contributed by atoms with E-state index in [0.717, 1.165) is 35.7 Å². The summed E-state index contributed by atoms with van der Waals surface area (Å²) in [6.07, 6.45) is 13.4. The Hall–Kier alpha value is -13.1. The summed E-state index contributed by atoms with van der Waals surface area (Å²) in [5, 5.41) is 20.7. The monoisotopic (exact) mass is 1450 g/mol. The zero-order valence-electron chi connectivity index (χ0n) is 59.0. The minimum Gasteiger partial charge on any atom is -0.490 e. The lowest BCUT2D eigenvalue weighted by molar-refractivity contribution is -0.118. The Balaban J connectivity index is 0.000000136. The molecule has 7 aliphatic heterocycles. The maximum atomic E-state index is 12.8. The number of nitrogens with one attached hydrogen (secondary N) is 4. The van der Waals surface area contributed by atoms with E-state index in [2.05, 4.69) is 66.8 Å².